The average Bonchev–Trinajstić information content (AvgIpc) is 3.30. The first kappa shape index (κ1) is 18.1. The van der Waals surface area contributed by atoms with Crippen molar-refractivity contribution in [1.29, 1.82) is 0 Å². The van der Waals surface area contributed by atoms with Gasteiger partial charge in [0.25, 0.3) is 12.3 Å². The van der Waals surface area contributed by atoms with Crippen molar-refractivity contribution in [2.45, 2.75) is 43.0 Å². The van der Waals surface area contributed by atoms with Gasteiger partial charge >= 0.3 is 0 Å². The molecule has 9 heteroatoms. The first-order valence-electron chi connectivity index (χ1n) is 8.61. The maximum atomic E-state index is 13.6. The Morgan fingerprint density at radius 2 is 1.93 bits per heavy atom. The van der Waals surface area contributed by atoms with E-state index >= 15 is 0 Å². The fourth-order valence-corrected chi connectivity index (χ4v) is 5.20. The molecule has 1 saturated carbocycles. The highest BCUT2D eigenvalue weighted by Crippen LogP contribution is 2.44. The van der Waals surface area contributed by atoms with E-state index in [2.05, 4.69) is 10.1 Å². The van der Waals surface area contributed by atoms with Crippen molar-refractivity contribution in [2.75, 3.05) is 6.26 Å². The number of hydrogen-bond donors (Lipinski definition) is 0. The summed E-state index contributed by atoms with van der Waals surface area (Å²) >= 11 is 0. The summed E-state index contributed by atoms with van der Waals surface area (Å²) in [4.78, 5) is 4.22. The Morgan fingerprint density at radius 1 is 1.22 bits per heavy atom. The summed E-state index contributed by atoms with van der Waals surface area (Å²) in [6, 6.07) is 6.79. The first-order valence-corrected chi connectivity index (χ1v) is 10.5. The Morgan fingerprint density at radius 3 is 2.59 bits per heavy atom. The third kappa shape index (κ3) is 2.93. The smallest absolute Gasteiger partial charge is 0.279 e. The topological polar surface area (TPSA) is 82.3 Å². The molecule has 1 aromatic heterocycles. The van der Waals surface area contributed by atoms with Gasteiger partial charge in [0.1, 0.15) is 10.5 Å². The molecule has 0 saturated heterocycles. The zero-order chi connectivity index (χ0) is 19.2. The van der Waals surface area contributed by atoms with Crippen LogP contribution in [0.5, 0.6) is 5.75 Å². The molecular weight excluding hydrogens is 378 g/mol. The van der Waals surface area contributed by atoms with Crippen LogP contribution >= 0.6 is 0 Å². The SMILES string of the molecule is CS(=O)(=O)C1(c2noc(C3=Cc4ccccc4OC3C(F)F)n2)CCCC1. The molecular formula is C18H18F2N2O4S. The Hall–Kier alpha value is -2.29. The summed E-state index contributed by atoms with van der Waals surface area (Å²) in [6.45, 7) is 0. The van der Waals surface area contributed by atoms with Crippen molar-refractivity contribution in [3.63, 3.8) is 0 Å². The van der Waals surface area contributed by atoms with E-state index in [1.165, 1.54) is 6.08 Å². The molecule has 1 aliphatic carbocycles. The number of halogens is 2. The zero-order valence-electron chi connectivity index (χ0n) is 14.6. The second-order valence-electron chi connectivity index (χ2n) is 6.91. The molecule has 27 heavy (non-hydrogen) atoms. The minimum atomic E-state index is -3.50. The highest BCUT2D eigenvalue weighted by atomic mass is 32.2. The standard InChI is InChI=1S/C18H18F2N2O4S/c1-27(23,24)18(8-4-5-9-18)17-21-16(26-22-17)12-10-11-6-2-3-7-13(11)25-14(12)15(19)20/h2-3,6-7,10,14-15H,4-5,8-9H2,1H3. The highest BCUT2D eigenvalue weighted by Gasteiger charge is 2.49. The van der Waals surface area contributed by atoms with Crippen LogP contribution in [-0.2, 0) is 14.6 Å². The normalized spacial score (nSPS) is 21.6. The number of para-hydroxylation sites is 1. The zero-order valence-corrected chi connectivity index (χ0v) is 15.4. The van der Waals surface area contributed by atoms with E-state index in [9.17, 15) is 17.2 Å². The van der Waals surface area contributed by atoms with Gasteiger partial charge in [0.2, 0.25) is 0 Å². The van der Waals surface area contributed by atoms with Crippen LogP contribution in [0.25, 0.3) is 11.6 Å². The highest BCUT2D eigenvalue weighted by molar-refractivity contribution is 7.91. The molecule has 1 aliphatic heterocycles. The van der Waals surface area contributed by atoms with Gasteiger partial charge in [-0.2, -0.15) is 4.98 Å². The second kappa shape index (κ2) is 6.40. The van der Waals surface area contributed by atoms with E-state index in [1.807, 2.05) is 0 Å². The summed E-state index contributed by atoms with van der Waals surface area (Å²) in [5, 5.41) is 3.86. The molecule has 0 N–H and O–H groups in total. The van der Waals surface area contributed by atoms with Crippen molar-refractivity contribution in [1.82, 2.24) is 10.1 Å². The molecule has 0 spiro atoms. The van der Waals surface area contributed by atoms with E-state index < -0.39 is 27.1 Å². The molecule has 1 atom stereocenters. The summed E-state index contributed by atoms with van der Waals surface area (Å²) < 4.78 is 61.4. The molecule has 2 aromatic rings. The van der Waals surface area contributed by atoms with Crippen LogP contribution in [0, 0.1) is 0 Å². The van der Waals surface area contributed by atoms with Gasteiger partial charge in [0.15, 0.2) is 21.8 Å². The quantitative estimate of drug-likeness (QED) is 0.787. The van der Waals surface area contributed by atoms with Crippen LogP contribution in [0.2, 0.25) is 0 Å². The second-order valence-corrected chi connectivity index (χ2v) is 9.23. The van der Waals surface area contributed by atoms with E-state index in [0.717, 1.165) is 19.1 Å². The predicted molar refractivity (Wildman–Crippen MR) is 94.0 cm³/mol. The number of alkyl halides is 2. The van der Waals surface area contributed by atoms with Gasteiger partial charge in [-0.15, -0.1) is 0 Å². The number of fused-ring (bicyclic) bond motifs is 1. The summed E-state index contributed by atoms with van der Waals surface area (Å²) in [5.41, 5.74) is 0.659. The van der Waals surface area contributed by atoms with Crippen molar-refractivity contribution in [2.24, 2.45) is 0 Å². The van der Waals surface area contributed by atoms with Crippen LogP contribution in [-0.4, -0.2) is 37.3 Å². The summed E-state index contributed by atoms with van der Waals surface area (Å²) in [6.07, 6.45) is 0.542. The molecule has 1 aromatic carbocycles. The Bertz CT molecular complexity index is 994. The molecule has 0 radical (unpaired) electrons. The van der Waals surface area contributed by atoms with E-state index in [-0.39, 0.29) is 17.3 Å². The fraction of sp³-hybridized carbons (Fsp3) is 0.444. The number of benzene rings is 1. The Balaban J connectivity index is 1.79. The molecule has 1 unspecified atom stereocenters. The molecule has 6 nitrogen and oxygen atoms in total. The first-order chi connectivity index (χ1) is 12.8. The van der Waals surface area contributed by atoms with Gasteiger partial charge in [-0.05, 0) is 25.0 Å². The van der Waals surface area contributed by atoms with Crippen molar-refractivity contribution >= 4 is 21.5 Å². The Kier molecular flexibility index (Phi) is 4.29. The lowest BCUT2D eigenvalue weighted by Gasteiger charge is -2.25. The monoisotopic (exact) mass is 396 g/mol. The summed E-state index contributed by atoms with van der Waals surface area (Å²) in [7, 11) is -3.50. The maximum absolute atomic E-state index is 13.6. The summed E-state index contributed by atoms with van der Waals surface area (Å²) in [5.74, 6) is 0.236. The Labute approximate surface area is 155 Å². The third-order valence-corrected chi connectivity index (χ3v) is 7.23. The van der Waals surface area contributed by atoms with E-state index in [1.54, 1.807) is 24.3 Å². The number of aromatic nitrogens is 2. The lowest BCUT2D eigenvalue weighted by atomic mass is 10.0. The van der Waals surface area contributed by atoms with Gasteiger partial charge in [-0.25, -0.2) is 17.2 Å². The van der Waals surface area contributed by atoms with Crippen LogP contribution in [0.15, 0.2) is 28.8 Å². The van der Waals surface area contributed by atoms with Gasteiger partial charge in [0, 0.05) is 11.8 Å². The van der Waals surface area contributed by atoms with Gasteiger partial charge in [-0.3, -0.25) is 0 Å². The van der Waals surface area contributed by atoms with Crippen LogP contribution in [0.1, 0.15) is 43.0 Å². The number of ether oxygens (including phenoxy) is 1. The molecule has 2 aliphatic rings. The van der Waals surface area contributed by atoms with Gasteiger partial charge < -0.3 is 9.26 Å². The lowest BCUT2D eigenvalue weighted by molar-refractivity contribution is 0.0419. The number of hydrogen-bond acceptors (Lipinski definition) is 6. The third-order valence-electron chi connectivity index (χ3n) is 5.22. The predicted octanol–water partition coefficient (Wildman–Crippen LogP) is 3.45. The minimum absolute atomic E-state index is 0.0327. The molecule has 1 fully saturated rings. The number of rotatable bonds is 4. The molecule has 4 rings (SSSR count). The minimum Gasteiger partial charge on any atom is -0.479 e. The van der Waals surface area contributed by atoms with E-state index in [4.69, 9.17) is 9.26 Å². The average molecular weight is 396 g/mol. The van der Waals surface area contributed by atoms with E-state index in [0.29, 0.717) is 24.2 Å². The van der Waals surface area contributed by atoms with Gasteiger partial charge in [-0.1, -0.05) is 36.2 Å². The molecule has 0 bridgehead atoms. The fourth-order valence-electron chi connectivity index (χ4n) is 3.76. The molecule has 144 valence electrons. The maximum Gasteiger partial charge on any atom is 0.279 e. The van der Waals surface area contributed by atoms with Crippen LogP contribution < -0.4 is 4.74 Å². The largest absolute Gasteiger partial charge is 0.479 e. The van der Waals surface area contributed by atoms with Crippen molar-refractivity contribution in [3.8, 4) is 5.75 Å². The van der Waals surface area contributed by atoms with Crippen LogP contribution in [0.3, 0.4) is 0 Å². The van der Waals surface area contributed by atoms with Crippen molar-refractivity contribution < 1.29 is 26.5 Å². The molecule has 2 heterocycles. The number of nitrogens with zero attached hydrogens (tertiary/aromatic N) is 2. The lowest BCUT2D eigenvalue weighted by Crippen LogP contribution is -2.33. The molecule has 0 amide bonds. The number of sulfone groups is 1. The van der Waals surface area contributed by atoms with Crippen molar-refractivity contribution in [3.05, 3.63) is 41.5 Å². The van der Waals surface area contributed by atoms with Gasteiger partial charge in [0.05, 0.1) is 5.57 Å². The van der Waals surface area contributed by atoms with Crippen LogP contribution in [0.4, 0.5) is 8.78 Å².